The third kappa shape index (κ3) is 4.07. The van der Waals surface area contributed by atoms with Crippen LogP contribution < -0.4 is 0 Å². The topological polar surface area (TPSA) is 17.8 Å². The van der Waals surface area contributed by atoms with Gasteiger partial charge in [-0.1, -0.05) is 151 Å². The maximum atomic E-state index is 9.20. The Hall–Kier alpha value is -5.99. The molecule has 9 aromatic rings. The van der Waals surface area contributed by atoms with Crippen molar-refractivity contribution in [2.75, 3.05) is 0 Å². The van der Waals surface area contributed by atoms with Crippen LogP contribution in [0.4, 0.5) is 0 Å². The van der Waals surface area contributed by atoms with Gasteiger partial charge in [0, 0.05) is 10.9 Å². The number of aromatic nitrogens is 2. The zero-order valence-electron chi connectivity index (χ0n) is 31.9. The SMILES string of the molecule is [2H]c1c([2H])c([2H])c2c(-c3ccc(-c4nc5ccccc5n4-c4cccc5ccccc45)cc3)c3c([2H])c([2H])c([2H])c([2H])c3c(-c3ccccc3)c2c1[2H]. The molecule has 0 aliphatic heterocycles. The minimum absolute atomic E-state index is 0.183. The van der Waals surface area contributed by atoms with Crippen molar-refractivity contribution in [1.29, 1.82) is 0 Å². The van der Waals surface area contributed by atoms with Crippen LogP contribution in [0.2, 0.25) is 0 Å². The summed E-state index contributed by atoms with van der Waals surface area (Å²) in [7, 11) is 0. The van der Waals surface area contributed by atoms with Crippen molar-refractivity contribution in [1.82, 2.24) is 9.55 Å². The summed E-state index contributed by atoms with van der Waals surface area (Å²) in [5, 5.41) is 2.91. The van der Waals surface area contributed by atoms with E-state index in [1.54, 1.807) is 24.3 Å². The summed E-state index contributed by atoms with van der Waals surface area (Å²) in [6, 6.07) is 35.9. The molecule has 2 nitrogen and oxygen atoms in total. The molecule has 0 amide bonds. The van der Waals surface area contributed by atoms with Crippen molar-refractivity contribution in [3.8, 4) is 39.3 Å². The molecule has 0 bridgehead atoms. The molecule has 0 N–H and O–H groups in total. The highest BCUT2D eigenvalue weighted by atomic mass is 15.1. The van der Waals surface area contributed by atoms with Crippen LogP contribution in [-0.4, -0.2) is 9.55 Å². The Kier molecular flexibility index (Phi) is 4.27. The second-order valence-corrected chi connectivity index (χ2v) is 11.0. The first-order valence-electron chi connectivity index (χ1n) is 18.7. The highest BCUT2D eigenvalue weighted by molar-refractivity contribution is 6.21. The highest BCUT2D eigenvalue weighted by Gasteiger charge is 2.19. The number of hydrogen-bond donors (Lipinski definition) is 0. The molecule has 0 saturated heterocycles. The number of para-hydroxylation sites is 2. The van der Waals surface area contributed by atoms with Gasteiger partial charge in [-0.2, -0.15) is 0 Å². The van der Waals surface area contributed by atoms with Gasteiger partial charge in [-0.25, -0.2) is 4.98 Å². The molecule has 9 rings (SSSR count). The van der Waals surface area contributed by atoms with Crippen LogP contribution >= 0.6 is 0 Å². The van der Waals surface area contributed by atoms with E-state index in [-0.39, 0.29) is 45.7 Å². The van der Waals surface area contributed by atoms with E-state index in [2.05, 4.69) is 28.8 Å². The number of rotatable bonds is 4. The van der Waals surface area contributed by atoms with Crippen LogP contribution in [0.15, 0.2) is 170 Å². The fourth-order valence-electron chi connectivity index (χ4n) is 6.46. The van der Waals surface area contributed by atoms with E-state index < -0.39 is 24.2 Å². The number of hydrogen-bond acceptors (Lipinski definition) is 1. The standard InChI is InChI=1S/C43H28N2/c1-2-14-30(15-3-1)41-34-18-6-8-20-36(34)42(37-21-9-7-19-35(37)41)31-25-27-32(28-26-31)43-44-38-22-10-11-23-40(38)45(43)39-24-12-16-29-13-4-5-17-33(29)39/h1-28H/i6D,7D,8D,9D,18D,19D,20D,21D. The Morgan fingerprint density at radius 1 is 0.444 bits per heavy atom. The van der Waals surface area contributed by atoms with Gasteiger partial charge in [0.2, 0.25) is 0 Å². The molecule has 1 aromatic heterocycles. The molecule has 210 valence electrons. The van der Waals surface area contributed by atoms with E-state index in [1.165, 1.54) is 0 Å². The van der Waals surface area contributed by atoms with Gasteiger partial charge in [-0.15, -0.1) is 0 Å². The van der Waals surface area contributed by atoms with Crippen LogP contribution in [-0.2, 0) is 0 Å². The van der Waals surface area contributed by atoms with Crippen molar-refractivity contribution in [3.05, 3.63) is 170 Å². The van der Waals surface area contributed by atoms with Gasteiger partial charge in [0.25, 0.3) is 0 Å². The largest absolute Gasteiger partial charge is 0.292 e. The average molecular weight is 581 g/mol. The maximum absolute atomic E-state index is 9.20. The summed E-state index contributed by atoms with van der Waals surface area (Å²) in [4.78, 5) is 5.07. The van der Waals surface area contributed by atoms with Gasteiger partial charge in [-0.3, -0.25) is 4.57 Å². The first-order valence-corrected chi connectivity index (χ1v) is 14.7. The molecule has 0 aliphatic carbocycles. The Bertz CT molecular complexity index is 2890. The Labute approximate surface area is 272 Å². The minimum atomic E-state index is -0.427. The molecule has 1 heterocycles. The lowest BCUT2D eigenvalue weighted by Crippen LogP contribution is -1.98. The Balaban J connectivity index is 1.37. The fourth-order valence-corrected chi connectivity index (χ4v) is 6.46. The first kappa shape index (κ1) is 18.6. The molecule has 2 heteroatoms. The van der Waals surface area contributed by atoms with Gasteiger partial charge in [-0.05, 0) is 67.4 Å². The summed E-state index contributed by atoms with van der Waals surface area (Å²) in [6.07, 6.45) is 0. The van der Waals surface area contributed by atoms with Crippen LogP contribution in [0.5, 0.6) is 0 Å². The smallest absolute Gasteiger partial charge is 0.145 e. The predicted octanol–water partition coefficient (Wildman–Crippen LogP) is 11.5. The van der Waals surface area contributed by atoms with Gasteiger partial charge in [0.1, 0.15) is 5.82 Å². The van der Waals surface area contributed by atoms with Crippen LogP contribution in [0.3, 0.4) is 0 Å². The zero-order valence-corrected chi connectivity index (χ0v) is 23.9. The van der Waals surface area contributed by atoms with E-state index in [0.29, 0.717) is 28.1 Å². The monoisotopic (exact) mass is 580 g/mol. The lowest BCUT2D eigenvalue weighted by atomic mass is 9.86. The molecule has 0 aliphatic rings. The van der Waals surface area contributed by atoms with Crippen molar-refractivity contribution in [2.24, 2.45) is 0 Å². The summed E-state index contributed by atoms with van der Waals surface area (Å²) in [5.74, 6) is 0.701. The summed E-state index contributed by atoms with van der Waals surface area (Å²) < 4.78 is 73.5. The zero-order chi connectivity index (χ0) is 36.7. The molecule has 0 saturated carbocycles. The van der Waals surface area contributed by atoms with E-state index in [9.17, 15) is 2.74 Å². The van der Waals surface area contributed by atoms with Crippen molar-refractivity contribution in [2.45, 2.75) is 0 Å². The summed E-state index contributed by atoms with van der Waals surface area (Å²) >= 11 is 0. The number of fused-ring (bicyclic) bond motifs is 4. The summed E-state index contributed by atoms with van der Waals surface area (Å²) in [6.45, 7) is 0. The molecule has 8 aromatic carbocycles. The molecular weight excluding hydrogens is 544 g/mol. The van der Waals surface area contributed by atoms with Crippen LogP contribution in [0.1, 0.15) is 11.0 Å². The maximum Gasteiger partial charge on any atom is 0.145 e. The Morgan fingerprint density at radius 3 is 1.67 bits per heavy atom. The lowest BCUT2D eigenvalue weighted by molar-refractivity contribution is 1.11. The van der Waals surface area contributed by atoms with Gasteiger partial charge >= 0.3 is 0 Å². The van der Waals surface area contributed by atoms with Gasteiger partial charge in [0.15, 0.2) is 0 Å². The molecule has 0 spiro atoms. The van der Waals surface area contributed by atoms with E-state index >= 15 is 0 Å². The summed E-state index contributed by atoms with van der Waals surface area (Å²) in [5.41, 5.74) is 5.26. The van der Waals surface area contributed by atoms with Gasteiger partial charge in [0.05, 0.1) is 27.7 Å². The molecule has 0 unspecified atom stereocenters. The van der Waals surface area contributed by atoms with Crippen molar-refractivity contribution in [3.63, 3.8) is 0 Å². The first-order chi connectivity index (χ1) is 25.7. The van der Waals surface area contributed by atoms with Crippen LogP contribution in [0, 0.1) is 0 Å². The quantitative estimate of drug-likeness (QED) is 0.189. The molecule has 0 radical (unpaired) electrons. The van der Waals surface area contributed by atoms with Crippen molar-refractivity contribution >= 4 is 43.4 Å². The van der Waals surface area contributed by atoms with E-state index in [4.69, 9.17) is 13.2 Å². The third-order valence-corrected chi connectivity index (χ3v) is 8.44. The second-order valence-electron chi connectivity index (χ2n) is 11.0. The van der Waals surface area contributed by atoms with Gasteiger partial charge < -0.3 is 0 Å². The lowest BCUT2D eigenvalue weighted by Gasteiger charge is -2.18. The molecule has 0 atom stereocenters. The third-order valence-electron chi connectivity index (χ3n) is 8.44. The minimum Gasteiger partial charge on any atom is -0.292 e. The number of imidazole rings is 1. The predicted molar refractivity (Wildman–Crippen MR) is 190 cm³/mol. The van der Waals surface area contributed by atoms with E-state index in [0.717, 1.165) is 33.1 Å². The Morgan fingerprint density at radius 2 is 0.978 bits per heavy atom. The normalized spacial score (nSPS) is 14.0. The molecule has 0 fully saturated rings. The number of nitrogens with zero attached hydrogens (tertiary/aromatic N) is 2. The van der Waals surface area contributed by atoms with E-state index in [1.807, 2.05) is 72.8 Å². The highest BCUT2D eigenvalue weighted by Crippen LogP contribution is 2.44. The van der Waals surface area contributed by atoms with Crippen molar-refractivity contribution < 1.29 is 11.0 Å². The fraction of sp³-hybridized carbons (Fsp3) is 0. The van der Waals surface area contributed by atoms with Crippen LogP contribution in [0.25, 0.3) is 82.7 Å². The average Bonchev–Trinajstić information content (AvgIpc) is 3.59. The molecule has 45 heavy (non-hydrogen) atoms. The second kappa shape index (κ2) is 10.3. The molecular formula is C43H28N2. The number of benzene rings is 8.